The fourth-order valence-electron chi connectivity index (χ4n) is 3.51. The SMILES string of the molecule is O=C(O)c1cc(-n2nc3ccc4ccccc4c3n2)ccc1C=Cc1ccccc1. The summed E-state index contributed by atoms with van der Waals surface area (Å²) >= 11 is 0. The van der Waals surface area contributed by atoms with Crippen molar-refractivity contribution in [1.82, 2.24) is 15.0 Å². The molecule has 0 amide bonds. The van der Waals surface area contributed by atoms with Gasteiger partial charge in [-0.1, -0.05) is 78.9 Å². The van der Waals surface area contributed by atoms with E-state index in [4.69, 9.17) is 0 Å². The lowest BCUT2D eigenvalue weighted by Crippen LogP contribution is -2.04. The Labute approximate surface area is 172 Å². The van der Waals surface area contributed by atoms with Gasteiger partial charge in [0.25, 0.3) is 0 Å². The minimum Gasteiger partial charge on any atom is -0.478 e. The highest BCUT2D eigenvalue weighted by atomic mass is 16.4. The second-order valence-electron chi connectivity index (χ2n) is 6.96. The standard InChI is InChI=1S/C25H17N3O2/c29-25(30)22-16-20(14-12-19(22)11-10-17-6-2-1-3-7-17)28-26-23-15-13-18-8-4-5-9-21(18)24(23)27-28/h1-16H,(H,29,30). The second-order valence-corrected chi connectivity index (χ2v) is 6.96. The van der Waals surface area contributed by atoms with Crippen molar-refractivity contribution in [3.8, 4) is 5.69 Å². The minimum atomic E-state index is -0.994. The highest BCUT2D eigenvalue weighted by molar-refractivity contribution is 6.03. The lowest BCUT2D eigenvalue weighted by Gasteiger charge is -2.05. The Morgan fingerprint density at radius 3 is 2.47 bits per heavy atom. The van der Waals surface area contributed by atoms with Crippen molar-refractivity contribution in [3.05, 3.63) is 102 Å². The van der Waals surface area contributed by atoms with Crippen LogP contribution >= 0.6 is 0 Å². The van der Waals surface area contributed by atoms with Gasteiger partial charge in [0.2, 0.25) is 0 Å². The molecule has 5 heteroatoms. The van der Waals surface area contributed by atoms with Crippen LogP contribution in [0.4, 0.5) is 0 Å². The zero-order valence-corrected chi connectivity index (χ0v) is 15.9. The monoisotopic (exact) mass is 391 g/mol. The third kappa shape index (κ3) is 3.22. The number of hydrogen-bond acceptors (Lipinski definition) is 3. The maximum atomic E-state index is 11.9. The molecule has 1 aromatic heterocycles. The zero-order valence-electron chi connectivity index (χ0n) is 15.9. The first-order valence-corrected chi connectivity index (χ1v) is 9.55. The second kappa shape index (κ2) is 7.29. The summed E-state index contributed by atoms with van der Waals surface area (Å²) < 4.78 is 0. The highest BCUT2D eigenvalue weighted by Crippen LogP contribution is 2.24. The van der Waals surface area contributed by atoms with Crippen molar-refractivity contribution < 1.29 is 9.90 Å². The average Bonchev–Trinajstić information content (AvgIpc) is 3.23. The van der Waals surface area contributed by atoms with Crippen molar-refractivity contribution >= 4 is 39.9 Å². The third-order valence-corrected chi connectivity index (χ3v) is 5.03. The van der Waals surface area contributed by atoms with Gasteiger partial charge < -0.3 is 5.11 Å². The van der Waals surface area contributed by atoms with Crippen LogP contribution in [0.5, 0.6) is 0 Å². The van der Waals surface area contributed by atoms with Gasteiger partial charge in [0.15, 0.2) is 0 Å². The number of carboxylic acid groups (broad SMARTS) is 1. The minimum absolute atomic E-state index is 0.200. The molecule has 0 unspecified atom stereocenters. The Balaban J connectivity index is 1.58. The molecule has 5 rings (SSSR count). The number of hydrogen-bond donors (Lipinski definition) is 1. The summed E-state index contributed by atoms with van der Waals surface area (Å²) in [5.74, 6) is -0.994. The third-order valence-electron chi connectivity index (χ3n) is 5.03. The molecule has 0 spiro atoms. The van der Waals surface area contributed by atoms with Crippen LogP contribution in [0.1, 0.15) is 21.5 Å². The molecule has 0 bridgehead atoms. The van der Waals surface area contributed by atoms with E-state index in [0.717, 1.165) is 27.4 Å². The van der Waals surface area contributed by atoms with Crippen LogP contribution in [0, 0.1) is 0 Å². The van der Waals surface area contributed by atoms with Crippen LogP contribution in [-0.2, 0) is 0 Å². The van der Waals surface area contributed by atoms with E-state index in [-0.39, 0.29) is 5.56 Å². The van der Waals surface area contributed by atoms with Crippen molar-refractivity contribution in [2.45, 2.75) is 0 Å². The van der Waals surface area contributed by atoms with Crippen LogP contribution in [0.25, 0.3) is 39.6 Å². The number of aromatic nitrogens is 3. The van der Waals surface area contributed by atoms with Crippen molar-refractivity contribution in [2.75, 3.05) is 0 Å². The molecule has 0 aliphatic rings. The number of aromatic carboxylic acids is 1. The van der Waals surface area contributed by atoms with Crippen molar-refractivity contribution in [3.63, 3.8) is 0 Å². The lowest BCUT2D eigenvalue weighted by molar-refractivity contribution is 0.0696. The average molecular weight is 391 g/mol. The topological polar surface area (TPSA) is 68.0 Å². The molecule has 0 radical (unpaired) electrons. The molecule has 144 valence electrons. The van der Waals surface area contributed by atoms with Crippen LogP contribution in [0.2, 0.25) is 0 Å². The number of carboxylic acids is 1. The summed E-state index contributed by atoms with van der Waals surface area (Å²) in [5.41, 5.74) is 3.98. The van der Waals surface area contributed by atoms with Crippen LogP contribution in [0.15, 0.2) is 84.9 Å². The molecule has 5 aromatic rings. The fourth-order valence-corrected chi connectivity index (χ4v) is 3.51. The number of fused-ring (bicyclic) bond motifs is 3. The Bertz CT molecular complexity index is 1420. The molecular formula is C25H17N3O2. The maximum Gasteiger partial charge on any atom is 0.336 e. The molecule has 30 heavy (non-hydrogen) atoms. The normalized spacial score (nSPS) is 11.5. The van der Waals surface area contributed by atoms with E-state index >= 15 is 0 Å². The molecular weight excluding hydrogens is 374 g/mol. The van der Waals surface area contributed by atoms with E-state index < -0.39 is 5.97 Å². The largest absolute Gasteiger partial charge is 0.478 e. The van der Waals surface area contributed by atoms with E-state index in [0.29, 0.717) is 11.3 Å². The maximum absolute atomic E-state index is 11.9. The number of benzene rings is 4. The smallest absolute Gasteiger partial charge is 0.336 e. The Hall–Kier alpha value is -4.25. The van der Waals surface area contributed by atoms with Gasteiger partial charge >= 0.3 is 5.97 Å². The molecule has 0 saturated heterocycles. The fraction of sp³-hybridized carbons (Fsp3) is 0. The van der Waals surface area contributed by atoms with E-state index in [2.05, 4.69) is 10.2 Å². The number of nitrogens with zero attached hydrogens (tertiary/aromatic N) is 3. The van der Waals surface area contributed by atoms with Gasteiger partial charge in [0.1, 0.15) is 11.0 Å². The van der Waals surface area contributed by atoms with Crippen LogP contribution < -0.4 is 0 Å². The first-order chi connectivity index (χ1) is 14.7. The predicted molar refractivity (Wildman–Crippen MR) is 119 cm³/mol. The quantitative estimate of drug-likeness (QED) is 0.414. The lowest BCUT2D eigenvalue weighted by atomic mass is 10.0. The number of rotatable bonds is 4. The van der Waals surface area contributed by atoms with E-state index in [1.807, 2.05) is 84.9 Å². The van der Waals surface area contributed by atoms with Crippen molar-refractivity contribution in [1.29, 1.82) is 0 Å². The van der Waals surface area contributed by atoms with Crippen molar-refractivity contribution in [2.24, 2.45) is 0 Å². The van der Waals surface area contributed by atoms with Gasteiger partial charge in [-0.25, -0.2) is 4.79 Å². The van der Waals surface area contributed by atoms with E-state index in [1.165, 1.54) is 4.80 Å². The Morgan fingerprint density at radius 1 is 0.833 bits per heavy atom. The summed E-state index contributed by atoms with van der Waals surface area (Å²) in [6.45, 7) is 0. The molecule has 4 aromatic carbocycles. The molecule has 1 heterocycles. The van der Waals surface area contributed by atoms with Crippen LogP contribution in [0.3, 0.4) is 0 Å². The zero-order chi connectivity index (χ0) is 20.5. The summed E-state index contributed by atoms with van der Waals surface area (Å²) in [6.07, 6.45) is 3.71. The molecule has 0 saturated carbocycles. The van der Waals surface area contributed by atoms with Gasteiger partial charge in [0, 0.05) is 5.39 Å². The van der Waals surface area contributed by atoms with Gasteiger partial charge in [-0.05, 0) is 34.7 Å². The summed E-state index contributed by atoms with van der Waals surface area (Å²) in [6, 6.07) is 26.9. The molecule has 0 fully saturated rings. The summed E-state index contributed by atoms with van der Waals surface area (Å²) in [5, 5.41) is 21.0. The number of carbonyl (C=O) groups is 1. The summed E-state index contributed by atoms with van der Waals surface area (Å²) in [7, 11) is 0. The predicted octanol–water partition coefficient (Wildman–Crippen LogP) is 5.44. The van der Waals surface area contributed by atoms with E-state index in [1.54, 1.807) is 12.1 Å². The molecule has 0 aliphatic heterocycles. The molecule has 5 nitrogen and oxygen atoms in total. The molecule has 1 N–H and O–H groups in total. The van der Waals surface area contributed by atoms with Gasteiger partial charge in [-0.15, -0.1) is 10.2 Å². The van der Waals surface area contributed by atoms with Gasteiger partial charge in [0.05, 0.1) is 11.3 Å². The Morgan fingerprint density at radius 2 is 1.63 bits per heavy atom. The summed E-state index contributed by atoms with van der Waals surface area (Å²) in [4.78, 5) is 13.4. The van der Waals surface area contributed by atoms with E-state index in [9.17, 15) is 9.90 Å². The van der Waals surface area contributed by atoms with Gasteiger partial charge in [-0.2, -0.15) is 4.80 Å². The highest BCUT2D eigenvalue weighted by Gasteiger charge is 2.13. The Kier molecular flexibility index (Phi) is 4.33. The van der Waals surface area contributed by atoms with Crippen LogP contribution in [-0.4, -0.2) is 26.1 Å². The first-order valence-electron chi connectivity index (χ1n) is 9.55. The van der Waals surface area contributed by atoms with Gasteiger partial charge in [-0.3, -0.25) is 0 Å². The first kappa shape index (κ1) is 17.8. The molecule has 0 aliphatic carbocycles. The molecule has 0 atom stereocenters.